The Morgan fingerprint density at radius 3 is 2.54 bits per heavy atom. The van der Waals surface area contributed by atoms with Gasteiger partial charge in [0.2, 0.25) is 0 Å². The number of ether oxygens (including phenoxy) is 2. The summed E-state index contributed by atoms with van der Waals surface area (Å²) in [5, 5.41) is 0. The Morgan fingerprint density at radius 2 is 1.92 bits per heavy atom. The average Bonchev–Trinajstić information content (AvgIpc) is 2.57. The van der Waals surface area contributed by atoms with Crippen LogP contribution in [0.3, 0.4) is 0 Å². The highest BCUT2D eigenvalue weighted by atomic mass is 16.5. The largest absolute Gasteiger partial charge is 0.493 e. The van der Waals surface area contributed by atoms with Crippen molar-refractivity contribution in [2.75, 3.05) is 12.5 Å². The lowest BCUT2D eigenvalue weighted by Crippen LogP contribution is -2.21. The number of nitrogens with one attached hydrogen (secondary N) is 2. The molecule has 0 atom stereocenters. The zero-order chi connectivity index (χ0) is 17.4. The molecule has 0 bridgehead atoms. The fourth-order valence-electron chi connectivity index (χ4n) is 2.42. The number of para-hydroxylation sites is 1. The molecule has 4 nitrogen and oxygen atoms in total. The van der Waals surface area contributed by atoms with Crippen LogP contribution in [0.4, 0.5) is 5.69 Å². The lowest BCUT2D eigenvalue weighted by molar-refractivity contribution is 0.228. The first-order chi connectivity index (χ1) is 11.6. The predicted octanol–water partition coefficient (Wildman–Crippen LogP) is 4.33. The highest BCUT2D eigenvalue weighted by Crippen LogP contribution is 2.34. The Labute approximate surface area is 144 Å². The molecule has 0 aromatic heterocycles. The third-order valence-electron chi connectivity index (χ3n) is 3.43. The van der Waals surface area contributed by atoms with Gasteiger partial charge in [-0.15, -0.1) is 6.58 Å². The molecule has 0 saturated heterocycles. The van der Waals surface area contributed by atoms with E-state index in [2.05, 4.69) is 23.5 Å². The summed E-state index contributed by atoms with van der Waals surface area (Å²) in [4.78, 5) is 0. The van der Waals surface area contributed by atoms with Gasteiger partial charge in [-0.05, 0) is 44.0 Å². The first-order valence-electron chi connectivity index (χ1n) is 8.15. The first-order valence-corrected chi connectivity index (χ1v) is 8.15. The number of benzene rings is 2. The first kappa shape index (κ1) is 17.9. The SMILES string of the molecule is C=CCc1cc(CNNc2ccccc2)cc(OC)c1OC(C)C. The van der Waals surface area contributed by atoms with Crippen LogP contribution in [0.2, 0.25) is 0 Å². The van der Waals surface area contributed by atoms with Crippen molar-refractivity contribution in [1.82, 2.24) is 5.43 Å². The number of hydrogen-bond donors (Lipinski definition) is 2. The molecule has 2 N–H and O–H groups in total. The maximum atomic E-state index is 5.94. The van der Waals surface area contributed by atoms with Crippen molar-refractivity contribution in [3.63, 3.8) is 0 Å². The van der Waals surface area contributed by atoms with Crippen LogP contribution in [-0.2, 0) is 13.0 Å². The van der Waals surface area contributed by atoms with E-state index in [1.54, 1.807) is 7.11 Å². The highest BCUT2D eigenvalue weighted by Gasteiger charge is 2.14. The highest BCUT2D eigenvalue weighted by molar-refractivity contribution is 5.50. The number of anilines is 1. The third kappa shape index (κ3) is 5.03. The van der Waals surface area contributed by atoms with E-state index in [-0.39, 0.29) is 6.10 Å². The van der Waals surface area contributed by atoms with Crippen LogP contribution < -0.4 is 20.3 Å². The van der Waals surface area contributed by atoms with Crippen LogP contribution in [0, 0.1) is 0 Å². The van der Waals surface area contributed by atoms with E-state index in [0.29, 0.717) is 6.54 Å². The predicted molar refractivity (Wildman–Crippen MR) is 99.6 cm³/mol. The summed E-state index contributed by atoms with van der Waals surface area (Å²) in [6, 6.07) is 14.1. The Balaban J connectivity index is 2.14. The number of rotatable bonds is 9. The minimum atomic E-state index is 0.0891. The van der Waals surface area contributed by atoms with Gasteiger partial charge in [-0.25, -0.2) is 5.43 Å². The molecule has 0 saturated carbocycles. The van der Waals surface area contributed by atoms with E-state index in [1.807, 2.05) is 56.3 Å². The Hall–Kier alpha value is -2.46. The van der Waals surface area contributed by atoms with E-state index in [0.717, 1.165) is 34.7 Å². The molecule has 0 unspecified atom stereocenters. The number of allylic oxidation sites excluding steroid dienone is 1. The van der Waals surface area contributed by atoms with Crippen molar-refractivity contribution in [3.8, 4) is 11.5 Å². The molecule has 0 aliphatic carbocycles. The monoisotopic (exact) mass is 326 g/mol. The summed E-state index contributed by atoms with van der Waals surface area (Å²) >= 11 is 0. The summed E-state index contributed by atoms with van der Waals surface area (Å²) in [6.07, 6.45) is 2.70. The third-order valence-corrected chi connectivity index (χ3v) is 3.43. The second kappa shape index (κ2) is 8.99. The summed E-state index contributed by atoms with van der Waals surface area (Å²) in [5.41, 5.74) is 9.63. The summed E-state index contributed by atoms with van der Waals surface area (Å²) in [6.45, 7) is 8.52. The normalized spacial score (nSPS) is 10.5. The van der Waals surface area contributed by atoms with Crippen molar-refractivity contribution < 1.29 is 9.47 Å². The van der Waals surface area contributed by atoms with Crippen LogP contribution in [0.15, 0.2) is 55.1 Å². The fraction of sp³-hybridized carbons (Fsp3) is 0.300. The van der Waals surface area contributed by atoms with Gasteiger partial charge in [0.1, 0.15) is 0 Å². The number of methoxy groups -OCH3 is 1. The minimum Gasteiger partial charge on any atom is -0.493 e. The number of hydrazine groups is 1. The van der Waals surface area contributed by atoms with Gasteiger partial charge >= 0.3 is 0 Å². The van der Waals surface area contributed by atoms with Gasteiger partial charge in [0.15, 0.2) is 11.5 Å². The van der Waals surface area contributed by atoms with Crippen molar-refractivity contribution >= 4 is 5.69 Å². The van der Waals surface area contributed by atoms with E-state index >= 15 is 0 Å². The quantitative estimate of drug-likeness (QED) is 0.532. The van der Waals surface area contributed by atoms with Crippen LogP contribution in [0.25, 0.3) is 0 Å². The molecule has 2 aromatic rings. The second-order valence-electron chi connectivity index (χ2n) is 5.79. The smallest absolute Gasteiger partial charge is 0.165 e. The van der Waals surface area contributed by atoms with Crippen LogP contribution in [0.5, 0.6) is 11.5 Å². The average molecular weight is 326 g/mol. The lowest BCUT2D eigenvalue weighted by Gasteiger charge is -2.19. The van der Waals surface area contributed by atoms with Crippen molar-refractivity contribution in [2.45, 2.75) is 32.9 Å². The molecule has 2 rings (SSSR count). The Morgan fingerprint density at radius 1 is 1.17 bits per heavy atom. The van der Waals surface area contributed by atoms with E-state index in [9.17, 15) is 0 Å². The zero-order valence-electron chi connectivity index (χ0n) is 14.6. The Kier molecular flexibility index (Phi) is 6.70. The lowest BCUT2D eigenvalue weighted by atomic mass is 10.1. The Bertz CT molecular complexity index is 654. The van der Waals surface area contributed by atoms with Gasteiger partial charge in [-0.3, -0.25) is 0 Å². The molecule has 0 fully saturated rings. The van der Waals surface area contributed by atoms with Gasteiger partial charge in [0.05, 0.1) is 13.2 Å². The topological polar surface area (TPSA) is 42.5 Å². The molecule has 0 aliphatic rings. The van der Waals surface area contributed by atoms with E-state index in [1.165, 1.54) is 0 Å². The van der Waals surface area contributed by atoms with Crippen molar-refractivity contribution in [2.24, 2.45) is 0 Å². The van der Waals surface area contributed by atoms with Crippen molar-refractivity contribution in [3.05, 3.63) is 66.2 Å². The van der Waals surface area contributed by atoms with Crippen LogP contribution in [0.1, 0.15) is 25.0 Å². The van der Waals surface area contributed by atoms with Crippen LogP contribution in [-0.4, -0.2) is 13.2 Å². The molecule has 0 aliphatic heterocycles. The molecule has 24 heavy (non-hydrogen) atoms. The van der Waals surface area contributed by atoms with E-state index in [4.69, 9.17) is 9.47 Å². The molecular weight excluding hydrogens is 300 g/mol. The summed E-state index contributed by atoms with van der Waals surface area (Å²) in [7, 11) is 1.67. The molecule has 2 aromatic carbocycles. The maximum Gasteiger partial charge on any atom is 0.165 e. The van der Waals surface area contributed by atoms with Gasteiger partial charge < -0.3 is 14.9 Å². The zero-order valence-corrected chi connectivity index (χ0v) is 14.6. The fourth-order valence-corrected chi connectivity index (χ4v) is 2.42. The van der Waals surface area contributed by atoms with Crippen molar-refractivity contribution in [1.29, 1.82) is 0 Å². The molecule has 0 spiro atoms. The minimum absolute atomic E-state index is 0.0891. The second-order valence-corrected chi connectivity index (χ2v) is 5.79. The van der Waals surface area contributed by atoms with Gasteiger partial charge in [-0.1, -0.05) is 30.3 Å². The standard InChI is InChI=1S/C20H26N2O2/c1-5-9-17-12-16(13-19(23-4)20(17)24-15(2)3)14-21-22-18-10-7-6-8-11-18/h5-8,10-13,15,21-22H,1,9,14H2,2-4H3. The molecule has 0 heterocycles. The molecular formula is C20H26N2O2. The van der Waals surface area contributed by atoms with Gasteiger partial charge in [-0.2, -0.15) is 0 Å². The molecule has 4 heteroatoms. The summed E-state index contributed by atoms with van der Waals surface area (Å²) < 4.78 is 11.5. The van der Waals surface area contributed by atoms with Gasteiger partial charge in [0.25, 0.3) is 0 Å². The van der Waals surface area contributed by atoms with E-state index < -0.39 is 0 Å². The number of hydrogen-bond acceptors (Lipinski definition) is 4. The molecule has 0 amide bonds. The summed E-state index contributed by atoms with van der Waals surface area (Å²) in [5.74, 6) is 1.55. The van der Waals surface area contributed by atoms with Gasteiger partial charge in [0, 0.05) is 17.8 Å². The molecule has 0 radical (unpaired) electrons. The molecule has 128 valence electrons. The van der Waals surface area contributed by atoms with Crippen LogP contribution >= 0.6 is 0 Å². The maximum absolute atomic E-state index is 5.94.